The number of halogens is 2. The van der Waals surface area contributed by atoms with Crippen molar-refractivity contribution in [3.63, 3.8) is 0 Å². The lowest BCUT2D eigenvalue weighted by Gasteiger charge is -2.13. The summed E-state index contributed by atoms with van der Waals surface area (Å²) in [5, 5.41) is 14.4. The molecule has 1 atom stereocenters. The molecule has 1 aromatic carbocycles. The van der Waals surface area contributed by atoms with Gasteiger partial charge in [-0.1, -0.05) is 29.7 Å². The minimum Gasteiger partial charge on any atom is -0.409 e. The van der Waals surface area contributed by atoms with E-state index < -0.39 is 5.82 Å². The predicted molar refractivity (Wildman–Crippen MR) is 62.5 cm³/mol. The molecule has 0 heterocycles. The van der Waals surface area contributed by atoms with Crippen LogP contribution in [0.5, 0.6) is 0 Å². The molecule has 0 radical (unpaired) electrons. The van der Waals surface area contributed by atoms with E-state index >= 15 is 0 Å². The molecule has 0 bridgehead atoms. The zero-order chi connectivity index (χ0) is 12.1. The fraction of sp³-hybridized carbons (Fsp3) is 0.300. The fourth-order valence-electron chi connectivity index (χ4n) is 1.12. The number of hydrogen-bond donors (Lipinski definition) is 3. The Kier molecular flexibility index (Phi) is 4.37. The number of amidine groups is 1. The van der Waals surface area contributed by atoms with Crippen LogP contribution in [-0.4, -0.2) is 17.6 Å². The number of nitrogens with two attached hydrogens (primary N) is 1. The number of rotatable bonds is 4. The Morgan fingerprint density at radius 3 is 2.94 bits per heavy atom. The minimum absolute atomic E-state index is 0.0833. The second-order valence-corrected chi connectivity index (χ2v) is 3.81. The number of anilines is 1. The Morgan fingerprint density at radius 2 is 2.38 bits per heavy atom. The summed E-state index contributed by atoms with van der Waals surface area (Å²) in [7, 11) is 0. The van der Waals surface area contributed by atoms with Crippen molar-refractivity contribution in [3.8, 4) is 0 Å². The summed E-state index contributed by atoms with van der Waals surface area (Å²) >= 11 is 5.81. The highest BCUT2D eigenvalue weighted by molar-refractivity contribution is 6.33. The third-order valence-electron chi connectivity index (χ3n) is 2.17. The summed E-state index contributed by atoms with van der Waals surface area (Å²) in [6.45, 7) is 2.08. The molecule has 4 N–H and O–H groups in total. The highest BCUT2D eigenvalue weighted by atomic mass is 35.5. The van der Waals surface area contributed by atoms with E-state index in [0.717, 1.165) is 0 Å². The Hall–Kier alpha value is -1.49. The normalized spacial score (nSPS) is 13.6. The van der Waals surface area contributed by atoms with Crippen molar-refractivity contribution >= 4 is 23.1 Å². The van der Waals surface area contributed by atoms with E-state index in [9.17, 15) is 4.39 Å². The monoisotopic (exact) mass is 245 g/mol. The molecular formula is C10H13ClFN3O. The van der Waals surface area contributed by atoms with E-state index in [0.29, 0.717) is 11.6 Å². The van der Waals surface area contributed by atoms with E-state index in [1.165, 1.54) is 12.1 Å². The first-order chi connectivity index (χ1) is 7.56. The average Bonchev–Trinajstić information content (AvgIpc) is 2.27. The molecule has 0 aliphatic rings. The molecule has 1 aromatic rings. The van der Waals surface area contributed by atoms with E-state index in [-0.39, 0.29) is 17.4 Å². The minimum atomic E-state index is -0.431. The van der Waals surface area contributed by atoms with Crippen molar-refractivity contribution in [2.45, 2.75) is 6.92 Å². The molecular weight excluding hydrogens is 233 g/mol. The summed E-state index contributed by atoms with van der Waals surface area (Å²) < 4.78 is 13.3. The van der Waals surface area contributed by atoms with E-state index in [1.54, 1.807) is 13.0 Å². The predicted octanol–water partition coefficient (Wildman–Crippen LogP) is 2.27. The lowest BCUT2D eigenvalue weighted by atomic mass is 10.1. The molecule has 1 unspecified atom stereocenters. The van der Waals surface area contributed by atoms with E-state index in [1.807, 2.05) is 0 Å². The molecule has 0 spiro atoms. The highest BCUT2D eigenvalue weighted by Crippen LogP contribution is 2.24. The van der Waals surface area contributed by atoms with Gasteiger partial charge in [-0.2, -0.15) is 0 Å². The van der Waals surface area contributed by atoms with Gasteiger partial charge in [0.2, 0.25) is 0 Å². The van der Waals surface area contributed by atoms with Gasteiger partial charge in [-0.25, -0.2) is 4.39 Å². The fourth-order valence-corrected chi connectivity index (χ4v) is 1.35. The molecule has 0 saturated carbocycles. The number of para-hydroxylation sites is 1. The van der Waals surface area contributed by atoms with Crippen molar-refractivity contribution in [1.29, 1.82) is 0 Å². The number of hydrogen-bond acceptors (Lipinski definition) is 3. The maximum absolute atomic E-state index is 13.3. The first-order valence-corrected chi connectivity index (χ1v) is 5.09. The van der Waals surface area contributed by atoms with Crippen LogP contribution >= 0.6 is 11.6 Å². The van der Waals surface area contributed by atoms with Gasteiger partial charge in [-0.05, 0) is 12.1 Å². The zero-order valence-electron chi connectivity index (χ0n) is 8.74. The summed E-state index contributed by atoms with van der Waals surface area (Å²) in [5.74, 6) is -0.570. The first-order valence-electron chi connectivity index (χ1n) is 4.71. The van der Waals surface area contributed by atoms with Gasteiger partial charge < -0.3 is 16.3 Å². The molecule has 0 aliphatic heterocycles. The highest BCUT2D eigenvalue weighted by Gasteiger charge is 2.10. The van der Waals surface area contributed by atoms with E-state index in [2.05, 4.69) is 10.5 Å². The number of oxime groups is 1. The SMILES string of the molecule is CC(CNc1c(F)cccc1Cl)/C(N)=N/O. The van der Waals surface area contributed by atoms with Crippen molar-refractivity contribution in [3.05, 3.63) is 29.0 Å². The molecule has 6 heteroatoms. The summed E-state index contributed by atoms with van der Waals surface area (Å²) in [4.78, 5) is 0. The number of nitrogens with one attached hydrogen (secondary N) is 1. The van der Waals surface area contributed by atoms with Gasteiger partial charge in [0.05, 0.1) is 10.7 Å². The summed E-state index contributed by atoms with van der Waals surface area (Å²) in [5.41, 5.74) is 5.61. The third kappa shape index (κ3) is 3.00. The Morgan fingerprint density at radius 1 is 1.69 bits per heavy atom. The lowest BCUT2D eigenvalue weighted by molar-refractivity contribution is 0.315. The van der Waals surface area contributed by atoms with Gasteiger partial charge in [0.15, 0.2) is 0 Å². The Labute approximate surface area is 97.9 Å². The molecule has 16 heavy (non-hydrogen) atoms. The molecule has 88 valence electrons. The zero-order valence-corrected chi connectivity index (χ0v) is 9.50. The number of nitrogens with zero attached hydrogens (tertiary/aromatic N) is 1. The van der Waals surface area contributed by atoms with Gasteiger partial charge >= 0.3 is 0 Å². The topological polar surface area (TPSA) is 70.6 Å². The molecule has 0 saturated heterocycles. The van der Waals surface area contributed by atoms with Gasteiger partial charge in [0.1, 0.15) is 11.7 Å². The lowest BCUT2D eigenvalue weighted by Crippen LogP contribution is -2.27. The second kappa shape index (κ2) is 5.55. The standard InChI is InChI=1S/C10H13ClFN3O/c1-6(10(13)15-16)5-14-9-7(11)3-2-4-8(9)12/h2-4,6,14,16H,5H2,1H3,(H2,13,15). The van der Waals surface area contributed by atoms with Crippen LogP contribution < -0.4 is 11.1 Å². The van der Waals surface area contributed by atoms with Crippen LogP contribution in [0.15, 0.2) is 23.4 Å². The maximum atomic E-state index is 13.3. The van der Waals surface area contributed by atoms with Gasteiger partial charge in [0.25, 0.3) is 0 Å². The van der Waals surface area contributed by atoms with Crippen molar-refractivity contribution in [2.75, 3.05) is 11.9 Å². The maximum Gasteiger partial charge on any atom is 0.147 e. The molecule has 0 aliphatic carbocycles. The average molecular weight is 246 g/mol. The van der Waals surface area contributed by atoms with Crippen LogP contribution in [0, 0.1) is 11.7 Å². The van der Waals surface area contributed by atoms with Crippen LogP contribution in [0.2, 0.25) is 5.02 Å². The summed E-state index contributed by atoms with van der Waals surface area (Å²) in [6.07, 6.45) is 0. The van der Waals surface area contributed by atoms with Crippen LogP contribution in [0.25, 0.3) is 0 Å². The third-order valence-corrected chi connectivity index (χ3v) is 2.48. The van der Waals surface area contributed by atoms with Crippen LogP contribution in [-0.2, 0) is 0 Å². The van der Waals surface area contributed by atoms with Crippen LogP contribution in [0.1, 0.15) is 6.92 Å². The van der Waals surface area contributed by atoms with Crippen LogP contribution in [0.3, 0.4) is 0 Å². The van der Waals surface area contributed by atoms with Crippen molar-refractivity contribution in [2.24, 2.45) is 16.8 Å². The number of benzene rings is 1. The van der Waals surface area contributed by atoms with Crippen molar-refractivity contribution in [1.82, 2.24) is 0 Å². The first kappa shape index (κ1) is 12.6. The Bertz CT molecular complexity index is 377. The van der Waals surface area contributed by atoms with Gasteiger partial charge in [-0.3, -0.25) is 0 Å². The van der Waals surface area contributed by atoms with E-state index in [4.69, 9.17) is 22.5 Å². The molecule has 1 rings (SSSR count). The Balaban J connectivity index is 2.68. The smallest absolute Gasteiger partial charge is 0.147 e. The van der Waals surface area contributed by atoms with Crippen molar-refractivity contribution < 1.29 is 9.60 Å². The summed E-state index contributed by atoms with van der Waals surface area (Å²) in [6, 6.07) is 4.42. The molecule has 4 nitrogen and oxygen atoms in total. The molecule has 0 amide bonds. The largest absolute Gasteiger partial charge is 0.409 e. The molecule has 0 fully saturated rings. The van der Waals surface area contributed by atoms with Gasteiger partial charge in [-0.15, -0.1) is 0 Å². The second-order valence-electron chi connectivity index (χ2n) is 3.40. The molecule has 0 aromatic heterocycles. The quantitative estimate of drug-likeness (QED) is 0.330. The van der Waals surface area contributed by atoms with Gasteiger partial charge in [0, 0.05) is 12.5 Å². The van der Waals surface area contributed by atoms with Crippen LogP contribution in [0.4, 0.5) is 10.1 Å².